The molecule has 0 spiro atoms. The van der Waals surface area contributed by atoms with E-state index in [0.29, 0.717) is 0 Å². The van der Waals surface area contributed by atoms with Crippen LogP contribution in [0.25, 0.3) is 0 Å². The van der Waals surface area contributed by atoms with Crippen LogP contribution in [0.1, 0.15) is 6.42 Å². The second-order valence-corrected chi connectivity index (χ2v) is 2.36. The highest BCUT2D eigenvalue weighted by Gasteiger charge is 2.16. The quantitative estimate of drug-likeness (QED) is 0.587. The fourth-order valence-corrected chi connectivity index (χ4v) is 0.748. The van der Waals surface area contributed by atoms with Crippen LogP contribution in [-0.4, -0.2) is 23.3 Å². The maximum absolute atomic E-state index is 10.9. The van der Waals surface area contributed by atoms with Crippen LogP contribution in [0.5, 0.6) is 0 Å². The molecule has 0 amide bonds. The minimum absolute atomic E-state index is 0.00481. The zero-order valence-electron chi connectivity index (χ0n) is 6.82. The Bertz CT molecular complexity index is 206. The van der Waals surface area contributed by atoms with Gasteiger partial charge in [0.05, 0.1) is 12.5 Å². The van der Waals surface area contributed by atoms with Crippen molar-refractivity contribution >= 4 is 11.6 Å². The predicted octanol–water partition coefficient (Wildman–Crippen LogP) is 0.495. The Morgan fingerprint density at radius 2 is 1.92 bits per heavy atom. The van der Waals surface area contributed by atoms with E-state index in [1.165, 1.54) is 0 Å². The van der Waals surface area contributed by atoms with Gasteiger partial charge in [0.15, 0.2) is 11.6 Å². The van der Waals surface area contributed by atoms with E-state index in [2.05, 4.69) is 13.2 Å². The van der Waals surface area contributed by atoms with Crippen molar-refractivity contribution in [1.29, 1.82) is 0 Å². The molecule has 1 unspecified atom stereocenters. The van der Waals surface area contributed by atoms with Crippen LogP contribution >= 0.6 is 0 Å². The Hall–Kier alpha value is -1.22. The third-order valence-corrected chi connectivity index (χ3v) is 1.50. The molecule has 0 saturated carbocycles. The fourth-order valence-electron chi connectivity index (χ4n) is 0.748. The molecule has 66 valence electrons. The summed E-state index contributed by atoms with van der Waals surface area (Å²) in [6.07, 6.45) is 2.25. The molecule has 0 aliphatic heterocycles. The SMILES string of the molecule is C=CC(=O)CC(CO)C(=O)C=C. The predicted molar refractivity (Wildman–Crippen MR) is 45.6 cm³/mol. The Morgan fingerprint density at radius 3 is 2.25 bits per heavy atom. The lowest BCUT2D eigenvalue weighted by Crippen LogP contribution is -2.19. The van der Waals surface area contributed by atoms with Crippen LogP contribution < -0.4 is 0 Å². The first-order valence-electron chi connectivity index (χ1n) is 3.58. The van der Waals surface area contributed by atoms with Gasteiger partial charge in [-0.1, -0.05) is 13.2 Å². The number of aliphatic hydroxyl groups is 1. The van der Waals surface area contributed by atoms with Crippen molar-refractivity contribution in [2.24, 2.45) is 5.92 Å². The van der Waals surface area contributed by atoms with Crippen molar-refractivity contribution < 1.29 is 14.7 Å². The second kappa shape index (κ2) is 5.43. The van der Waals surface area contributed by atoms with E-state index in [0.717, 1.165) is 12.2 Å². The molecule has 3 heteroatoms. The Balaban J connectivity index is 4.16. The molecule has 12 heavy (non-hydrogen) atoms. The van der Waals surface area contributed by atoms with Crippen LogP contribution in [0.3, 0.4) is 0 Å². The van der Waals surface area contributed by atoms with Gasteiger partial charge in [-0.3, -0.25) is 9.59 Å². The van der Waals surface area contributed by atoms with Gasteiger partial charge >= 0.3 is 0 Å². The first-order valence-corrected chi connectivity index (χ1v) is 3.58. The maximum Gasteiger partial charge on any atom is 0.160 e. The van der Waals surface area contributed by atoms with Gasteiger partial charge in [-0.05, 0) is 12.2 Å². The number of rotatable bonds is 6. The van der Waals surface area contributed by atoms with Gasteiger partial charge in [0, 0.05) is 6.42 Å². The fraction of sp³-hybridized carbons (Fsp3) is 0.333. The summed E-state index contributed by atoms with van der Waals surface area (Å²) in [5.74, 6) is -1.22. The molecule has 0 bridgehead atoms. The van der Waals surface area contributed by atoms with Crippen molar-refractivity contribution in [2.75, 3.05) is 6.61 Å². The van der Waals surface area contributed by atoms with Gasteiger partial charge in [-0.25, -0.2) is 0 Å². The standard InChI is InChI=1S/C9H12O3/c1-3-8(11)5-7(6-10)9(12)4-2/h3-4,7,10H,1-2,5-6H2. The summed E-state index contributed by atoms with van der Waals surface area (Å²) < 4.78 is 0. The molecule has 1 atom stereocenters. The lowest BCUT2D eigenvalue weighted by molar-refractivity contribution is -0.124. The van der Waals surface area contributed by atoms with Crippen molar-refractivity contribution in [3.63, 3.8) is 0 Å². The van der Waals surface area contributed by atoms with Gasteiger partial charge in [0.2, 0.25) is 0 Å². The van der Waals surface area contributed by atoms with E-state index in [1.54, 1.807) is 0 Å². The number of aliphatic hydroxyl groups excluding tert-OH is 1. The van der Waals surface area contributed by atoms with Crippen LogP contribution in [0.2, 0.25) is 0 Å². The van der Waals surface area contributed by atoms with E-state index in [1.807, 2.05) is 0 Å². The molecule has 0 aromatic heterocycles. The molecule has 0 heterocycles. The number of hydrogen-bond donors (Lipinski definition) is 1. The summed E-state index contributed by atoms with van der Waals surface area (Å²) in [6, 6.07) is 0. The smallest absolute Gasteiger partial charge is 0.160 e. The highest BCUT2D eigenvalue weighted by Crippen LogP contribution is 2.05. The number of allylic oxidation sites excluding steroid dienone is 2. The molecule has 0 saturated heterocycles. The molecule has 0 aromatic carbocycles. The Labute approximate surface area is 71.4 Å². The Kier molecular flexibility index (Phi) is 4.88. The monoisotopic (exact) mass is 168 g/mol. The van der Waals surface area contributed by atoms with Gasteiger partial charge < -0.3 is 5.11 Å². The molecule has 0 aliphatic rings. The first-order chi connectivity index (χ1) is 5.65. The number of carbonyl (C=O) groups excluding carboxylic acids is 2. The average Bonchev–Trinajstić information content (AvgIpc) is 2.12. The topological polar surface area (TPSA) is 54.4 Å². The lowest BCUT2D eigenvalue weighted by Gasteiger charge is -2.06. The maximum atomic E-state index is 10.9. The average molecular weight is 168 g/mol. The van der Waals surface area contributed by atoms with Gasteiger partial charge in [-0.2, -0.15) is 0 Å². The number of ketones is 2. The largest absolute Gasteiger partial charge is 0.396 e. The Morgan fingerprint density at radius 1 is 1.33 bits per heavy atom. The van der Waals surface area contributed by atoms with Crippen LogP contribution in [-0.2, 0) is 9.59 Å². The molecule has 0 aromatic rings. The molecular formula is C9H12O3. The number of hydrogen-bond acceptors (Lipinski definition) is 3. The van der Waals surface area contributed by atoms with Crippen molar-refractivity contribution in [3.8, 4) is 0 Å². The third-order valence-electron chi connectivity index (χ3n) is 1.50. The van der Waals surface area contributed by atoms with Gasteiger partial charge in [0.25, 0.3) is 0 Å². The minimum Gasteiger partial charge on any atom is -0.396 e. The summed E-state index contributed by atoms with van der Waals surface area (Å²) in [5.41, 5.74) is 0. The van der Waals surface area contributed by atoms with E-state index in [9.17, 15) is 9.59 Å². The number of carbonyl (C=O) groups is 2. The second-order valence-electron chi connectivity index (χ2n) is 2.36. The van der Waals surface area contributed by atoms with Crippen LogP contribution in [0, 0.1) is 5.92 Å². The highest BCUT2D eigenvalue weighted by atomic mass is 16.3. The molecular weight excluding hydrogens is 156 g/mol. The zero-order valence-corrected chi connectivity index (χ0v) is 6.82. The molecule has 1 N–H and O–H groups in total. The highest BCUT2D eigenvalue weighted by molar-refractivity contribution is 5.97. The van der Waals surface area contributed by atoms with Crippen molar-refractivity contribution in [3.05, 3.63) is 25.3 Å². The van der Waals surface area contributed by atoms with E-state index >= 15 is 0 Å². The summed E-state index contributed by atoms with van der Waals surface area (Å²) in [6.45, 7) is 6.20. The summed E-state index contributed by atoms with van der Waals surface area (Å²) in [5, 5.41) is 8.72. The van der Waals surface area contributed by atoms with Crippen LogP contribution in [0.4, 0.5) is 0 Å². The molecule has 3 nitrogen and oxygen atoms in total. The molecule has 0 radical (unpaired) electrons. The lowest BCUT2D eigenvalue weighted by atomic mass is 9.98. The summed E-state index contributed by atoms with van der Waals surface area (Å²) in [7, 11) is 0. The normalized spacial score (nSPS) is 11.8. The first kappa shape index (κ1) is 10.8. The molecule has 0 aliphatic carbocycles. The van der Waals surface area contributed by atoms with Crippen LogP contribution in [0.15, 0.2) is 25.3 Å². The van der Waals surface area contributed by atoms with Crippen molar-refractivity contribution in [1.82, 2.24) is 0 Å². The molecule has 0 fully saturated rings. The third kappa shape index (κ3) is 3.25. The summed E-state index contributed by atoms with van der Waals surface area (Å²) >= 11 is 0. The van der Waals surface area contributed by atoms with Gasteiger partial charge in [0.1, 0.15) is 0 Å². The summed E-state index contributed by atoms with van der Waals surface area (Å²) in [4.78, 5) is 21.7. The molecule has 0 rings (SSSR count). The van der Waals surface area contributed by atoms with Gasteiger partial charge in [-0.15, -0.1) is 0 Å². The van der Waals surface area contributed by atoms with E-state index in [4.69, 9.17) is 5.11 Å². The minimum atomic E-state index is -0.659. The van der Waals surface area contributed by atoms with E-state index in [-0.39, 0.29) is 24.6 Å². The van der Waals surface area contributed by atoms with E-state index < -0.39 is 5.92 Å². The van der Waals surface area contributed by atoms with Crippen molar-refractivity contribution in [2.45, 2.75) is 6.42 Å². The zero-order chi connectivity index (χ0) is 9.56.